The van der Waals surface area contributed by atoms with Crippen molar-refractivity contribution in [2.75, 3.05) is 14.2 Å². The summed E-state index contributed by atoms with van der Waals surface area (Å²) in [5, 5.41) is 0. The summed E-state index contributed by atoms with van der Waals surface area (Å²) in [7, 11) is 3.09. The van der Waals surface area contributed by atoms with Gasteiger partial charge in [-0.1, -0.05) is 42.5 Å². The van der Waals surface area contributed by atoms with E-state index in [9.17, 15) is 9.59 Å². The Labute approximate surface area is 190 Å². The van der Waals surface area contributed by atoms with Crippen LogP contribution in [-0.4, -0.2) is 35.9 Å². The van der Waals surface area contributed by atoms with E-state index < -0.39 is 0 Å². The molecule has 2 aromatic carbocycles. The lowest BCUT2D eigenvalue weighted by atomic mass is 10.1. The summed E-state index contributed by atoms with van der Waals surface area (Å²) >= 11 is 1.37. The van der Waals surface area contributed by atoms with Crippen LogP contribution in [0.25, 0.3) is 5.57 Å². The van der Waals surface area contributed by atoms with Gasteiger partial charge >= 0.3 is 0 Å². The number of nitrogens with zero attached hydrogens (tertiary/aromatic N) is 2. The smallest absolute Gasteiger partial charge is 0.268 e. The summed E-state index contributed by atoms with van der Waals surface area (Å²) in [6.45, 7) is 0.164. The number of carbonyl (C=O) groups is 2. The van der Waals surface area contributed by atoms with Crippen LogP contribution in [0.1, 0.15) is 16.7 Å². The third kappa shape index (κ3) is 4.38. The Bertz CT molecular complexity index is 1160. The van der Waals surface area contributed by atoms with Crippen LogP contribution in [0.2, 0.25) is 0 Å². The number of methoxy groups -OCH3 is 2. The lowest BCUT2D eigenvalue weighted by Gasteiger charge is -2.15. The normalized spacial score (nSPS) is 13.6. The van der Waals surface area contributed by atoms with E-state index in [4.69, 9.17) is 9.47 Å². The molecule has 1 aromatic heterocycles. The van der Waals surface area contributed by atoms with Gasteiger partial charge in [0.05, 0.1) is 31.2 Å². The fraction of sp³-hybridized carbons (Fsp3) is 0.160. The van der Waals surface area contributed by atoms with Gasteiger partial charge in [-0.15, -0.1) is 11.8 Å². The van der Waals surface area contributed by atoms with E-state index in [0.717, 1.165) is 11.1 Å². The van der Waals surface area contributed by atoms with E-state index in [-0.39, 0.29) is 18.4 Å². The first-order chi connectivity index (χ1) is 15.6. The lowest BCUT2D eigenvalue weighted by Crippen LogP contribution is -2.31. The minimum Gasteiger partial charge on any atom is -0.493 e. The van der Waals surface area contributed by atoms with Gasteiger partial charge in [-0.05, 0) is 34.9 Å². The molecule has 1 aliphatic heterocycles. The van der Waals surface area contributed by atoms with Crippen LogP contribution in [0.3, 0.4) is 0 Å². The van der Waals surface area contributed by atoms with Gasteiger partial charge in [-0.3, -0.25) is 19.5 Å². The highest BCUT2D eigenvalue weighted by atomic mass is 32.2. The van der Waals surface area contributed by atoms with Crippen molar-refractivity contribution in [3.05, 3.63) is 94.7 Å². The largest absolute Gasteiger partial charge is 0.493 e. The second kappa shape index (κ2) is 9.70. The Balaban J connectivity index is 1.72. The van der Waals surface area contributed by atoms with Gasteiger partial charge in [0, 0.05) is 18.1 Å². The fourth-order valence-electron chi connectivity index (χ4n) is 3.48. The van der Waals surface area contributed by atoms with Crippen LogP contribution >= 0.6 is 11.8 Å². The molecule has 2 amide bonds. The predicted octanol–water partition coefficient (Wildman–Crippen LogP) is 4.31. The van der Waals surface area contributed by atoms with E-state index in [1.165, 1.54) is 23.8 Å². The van der Waals surface area contributed by atoms with Gasteiger partial charge in [0.15, 0.2) is 11.5 Å². The molecule has 0 unspecified atom stereocenters. The average molecular weight is 447 g/mol. The Morgan fingerprint density at radius 2 is 1.62 bits per heavy atom. The average Bonchev–Trinajstić information content (AvgIpc) is 3.07. The molecule has 0 atom stereocenters. The molecule has 1 aliphatic rings. The van der Waals surface area contributed by atoms with E-state index in [1.54, 1.807) is 43.8 Å². The Morgan fingerprint density at radius 1 is 0.875 bits per heavy atom. The molecule has 0 spiro atoms. The molecule has 162 valence electrons. The first kappa shape index (κ1) is 21.6. The van der Waals surface area contributed by atoms with Crippen molar-refractivity contribution in [1.29, 1.82) is 0 Å². The highest BCUT2D eigenvalue weighted by molar-refractivity contribution is 8.03. The number of thioether (sulfide) groups is 1. The summed E-state index contributed by atoms with van der Waals surface area (Å²) in [5.74, 6) is 0.994. The van der Waals surface area contributed by atoms with Crippen molar-refractivity contribution in [3.63, 3.8) is 0 Å². The van der Waals surface area contributed by atoms with Gasteiger partial charge < -0.3 is 9.47 Å². The zero-order valence-electron chi connectivity index (χ0n) is 17.8. The first-order valence-electron chi connectivity index (χ1n) is 10.0. The summed E-state index contributed by atoms with van der Waals surface area (Å²) in [6, 6.07) is 18.7. The molecule has 0 aliphatic carbocycles. The minimum absolute atomic E-state index is 0.164. The summed E-state index contributed by atoms with van der Waals surface area (Å²) in [6.07, 6.45) is 3.32. The molecule has 0 radical (unpaired) electrons. The van der Waals surface area contributed by atoms with Crippen LogP contribution < -0.4 is 9.47 Å². The van der Waals surface area contributed by atoms with Crippen LogP contribution in [0.5, 0.6) is 11.5 Å². The van der Waals surface area contributed by atoms with Gasteiger partial charge in [0.25, 0.3) is 11.8 Å². The summed E-state index contributed by atoms with van der Waals surface area (Å²) in [4.78, 5) is 32.6. The topological polar surface area (TPSA) is 68.7 Å². The van der Waals surface area contributed by atoms with Crippen molar-refractivity contribution in [1.82, 2.24) is 9.88 Å². The van der Waals surface area contributed by atoms with Crippen LogP contribution in [0.4, 0.5) is 0 Å². The molecule has 32 heavy (non-hydrogen) atoms. The van der Waals surface area contributed by atoms with Crippen molar-refractivity contribution in [2.45, 2.75) is 12.3 Å². The highest BCUT2D eigenvalue weighted by Gasteiger charge is 2.39. The van der Waals surface area contributed by atoms with Gasteiger partial charge in [-0.25, -0.2) is 0 Å². The summed E-state index contributed by atoms with van der Waals surface area (Å²) < 4.78 is 10.7. The third-order valence-electron chi connectivity index (χ3n) is 5.09. The zero-order chi connectivity index (χ0) is 22.5. The van der Waals surface area contributed by atoms with Crippen molar-refractivity contribution in [2.24, 2.45) is 0 Å². The van der Waals surface area contributed by atoms with Crippen LogP contribution in [-0.2, 0) is 21.9 Å². The quantitative estimate of drug-likeness (QED) is 0.480. The SMILES string of the molecule is COc1ccc(C2=C(SCc3ccccc3)C(=O)N(Cc3cccnc3)C2=O)cc1OC. The maximum atomic E-state index is 13.4. The van der Waals surface area contributed by atoms with Crippen molar-refractivity contribution in [3.8, 4) is 11.5 Å². The van der Waals surface area contributed by atoms with Gasteiger partial charge in [0.1, 0.15) is 0 Å². The molecule has 0 fully saturated rings. The maximum Gasteiger partial charge on any atom is 0.268 e. The van der Waals surface area contributed by atoms with Crippen LogP contribution in [0.15, 0.2) is 78.0 Å². The molecular formula is C25H22N2O4S. The molecular weight excluding hydrogens is 424 g/mol. The molecule has 0 saturated carbocycles. The molecule has 7 heteroatoms. The number of imide groups is 1. The second-order valence-corrected chi connectivity index (χ2v) is 8.09. The number of aromatic nitrogens is 1. The maximum absolute atomic E-state index is 13.4. The van der Waals surface area contributed by atoms with E-state index in [0.29, 0.717) is 33.3 Å². The fourth-order valence-corrected chi connectivity index (χ4v) is 4.57. The monoisotopic (exact) mass is 446 g/mol. The number of pyridine rings is 1. The number of hydrogen-bond acceptors (Lipinski definition) is 6. The Hall–Kier alpha value is -3.58. The number of amides is 2. The molecule has 6 nitrogen and oxygen atoms in total. The van der Waals surface area contributed by atoms with Gasteiger partial charge in [0.2, 0.25) is 0 Å². The van der Waals surface area contributed by atoms with Crippen LogP contribution in [0, 0.1) is 0 Å². The summed E-state index contributed by atoms with van der Waals surface area (Å²) in [5.41, 5.74) is 2.85. The molecule has 2 heterocycles. The van der Waals surface area contributed by atoms with Crippen molar-refractivity contribution < 1.29 is 19.1 Å². The predicted molar refractivity (Wildman–Crippen MR) is 124 cm³/mol. The molecule has 0 saturated heterocycles. The number of hydrogen-bond donors (Lipinski definition) is 0. The standard InChI is InChI=1S/C25H22N2O4S/c1-30-20-11-10-19(13-21(20)31-2)22-23(32-16-17-7-4-3-5-8-17)25(29)27(24(22)28)15-18-9-6-12-26-14-18/h3-14H,15-16H2,1-2H3. The third-order valence-corrected chi connectivity index (χ3v) is 6.23. The minimum atomic E-state index is -0.332. The highest BCUT2D eigenvalue weighted by Crippen LogP contribution is 2.40. The molecule has 0 N–H and O–H groups in total. The zero-order valence-corrected chi connectivity index (χ0v) is 18.6. The molecule has 4 rings (SSSR count). The second-order valence-electron chi connectivity index (χ2n) is 7.11. The van der Waals surface area contributed by atoms with E-state index in [1.807, 2.05) is 36.4 Å². The Morgan fingerprint density at radius 3 is 2.31 bits per heavy atom. The number of benzene rings is 2. The number of rotatable bonds is 8. The number of carbonyl (C=O) groups excluding carboxylic acids is 2. The first-order valence-corrected chi connectivity index (χ1v) is 11.0. The van der Waals surface area contributed by atoms with E-state index >= 15 is 0 Å². The lowest BCUT2D eigenvalue weighted by molar-refractivity contribution is -0.137. The number of ether oxygens (including phenoxy) is 2. The van der Waals surface area contributed by atoms with E-state index in [2.05, 4.69) is 4.98 Å². The Kier molecular flexibility index (Phi) is 6.56. The molecule has 3 aromatic rings. The van der Waals surface area contributed by atoms with Gasteiger partial charge in [-0.2, -0.15) is 0 Å². The van der Waals surface area contributed by atoms with Crippen molar-refractivity contribution >= 4 is 29.1 Å². The molecule has 0 bridgehead atoms.